The van der Waals surface area contributed by atoms with Gasteiger partial charge in [-0.1, -0.05) is 13.3 Å². The third-order valence-electron chi connectivity index (χ3n) is 12.5. The van der Waals surface area contributed by atoms with E-state index < -0.39 is 29.1 Å². The molecule has 2 aliphatic carbocycles. The van der Waals surface area contributed by atoms with Gasteiger partial charge in [-0.15, -0.1) is 0 Å². The van der Waals surface area contributed by atoms with E-state index in [0.29, 0.717) is 33.7 Å². The van der Waals surface area contributed by atoms with Crippen LogP contribution < -0.4 is 15.5 Å². The van der Waals surface area contributed by atoms with Crippen LogP contribution in [0.25, 0.3) is 22.3 Å². The second-order valence-corrected chi connectivity index (χ2v) is 16.7. The monoisotopic (exact) mass is 742 g/mol. The first-order valence-electron chi connectivity index (χ1n) is 19.3. The minimum atomic E-state index is -2.69. The lowest BCUT2D eigenvalue weighted by Crippen LogP contribution is -2.65. The molecule has 8 rings (SSSR count). The van der Waals surface area contributed by atoms with Gasteiger partial charge in [0.05, 0.1) is 40.0 Å². The standard InChI is InChI=1S/C41H49F3N8O2/c1-7-40(50-13-9-8-10-14-50)19-26(20-40)52-32-16-25(21-45-34(32)39(5,6)38(52)54)29-18-31-33(51(22-46-31)23(2)3)35(47-29)48-30-17-27(24(4)15-28(30)42)36(53)49-41(11-12-41)37(43)44/h15-18,21-23,26,37H,7-14,19-20H2,1-6H3,(H,47,48)(H,49,53)/t26-,40+. The molecule has 0 spiro atoms. The van der Waals surface area contributed by atoms with Gasteiger partial charge < -0.3 is 20.1 Å². The van der Waals surface area contributed by atoms with Crippen LogP contribution in [0.3, 0.4) is 0 Å². The lowest BCUT2D eigenvalue weighted by Gasteiger charge is -2.57. The molecule has 286 valence electrons. The molecular weight excluding hydrogens is 693 g/mol. The highest BCUT2D eigenvalue weighted by atomic mass is 19.3. The zero-order valence-electron chi connectivity index (χ0n) is 31.9. The molecule has 1 aromatic carbocycles. The highest BCUT2D eigenvalue weighted by Crippen LogP contribution is 2.51. The van der Waals surface area contributed by atoms with Crippen LogP contribution in [-0.4, -0.2) is 72.9 Å². The number of fused-ring (bicyclic) bond motifs is 2. The second kappa shape index (κ2) is 13.1. The van der Waals surface area contributed by atoms with Crippen molar-refractivity contribution in [2.75, 3.05) is 23.3 Å². The number of carbonyl (C=O) groups excluding carboxylic acids is 2. The van der Waals surface area contributed by atoms with Gasteiger partial charge in [-0.3, -0.25) is 19.5 Å². The van der Waals surface area contributed by atoms with E-state index in [1.54, 1.807) is 19.4 Å². The van der Waals surface area contributed by atoms with Gasteiger partial charge in [0.25, 0.3) is 12.3 Å². The Bertz CT molecular complexity index is 2150. The highest BCUT2D eigenvalue weighted by Gasteiger charge is 2.56. The first kappa shape index (κ1) is 36.5. The average molecular weight is 743 g/mol. The Morgan fingerprint density at radius 3 is 2.41 bits per heavy atom. The van der Waals surface area contributed by atoms with Crippen molar-refractivity contribution in [3.63, 3.8) is 0 Å². The first-order chi connectivity index (χ1) is 25.7. The van der Waals surface area contributed by atoms with Crippen molar-refractivity contribution in [2.24, 2.45) is 0 Å². The topological polar surface area (TPSA) is 108 Å². The van der Waals surface area contributed by atoms with Crippen molar-refractivity contribution < 1.29 is 22.8 Å². The molecule has 5 heterocycles. The number of nitrogens with zero attached hydrogens (tertiary/aromatic N) is 6. The molecule has 2 aliphatic heterocycles. The number of amides is 2. The minimum absolute atomic E-state index is 0.0115. The lowest BCUT2D eigenvalue weighted by atomic mass is 9.68. The molecule has 2 amide bonds. The molecule has 2 N–H and O–H groups in total. The van der Waals surface area contributed by atoms with Crippen LogP contribution in [0.2, 0.25) is 0 Å². The number of halogens is 3. The Balaban J connectivity index is 1.16. The van der Waals surface area contributed by atoms with Crippen molar-refractivity contribution >= 4 is 40.0 Å². The Hall–Kier alpha value is -4.52. The highest BCUT2D eigenvalue weighted by molar-refractivity contribution is 6.08. The predicted molar refractivity (Wildman–Crippen MR) is 203 cm³/mol. The van der Waals surface area contributed by atoms with Crippen molar-refractivity contribution in [3.05, 3.63) is 59.4 Å². The summed E-state index contributed by atoms with van der Waals surface area (Å²) in [4.78, 5) is 46.5. The molecule has 2 saturated carbocycles. The second-order valence-electron chi connectivity index (χ2n) is 16.7. The van der Waals surface area contributed by atoms with E-state index in [1.165, 1.54) is 31.4 Å². The number of piperidine rings is 1. The minimum Gasteiger partial charge on any atom is -0.341 e. The summed E-state index contributed by atoms with van der Waals surface area (Å²) >= 11 is 0. The molecule has 4 aromatic rings. The van der Waals surface area contributed by atoms with Crippen molar-refractivity contribution in [3.8, 4) is 11.3 Å². The number of rotatable bonds is 10. The van der Waals surface area contributed by atoms with E-state index in [-0.39, 0.29) is 47.6 Å². The van der Waals surface area contributed by atoms with Crippen LogP contribution in [0.4, 0.5) is 30.4 Å². The molecule has 13 heteroatoms. The Morgan fingerprint density at radius 2 is 1.76 bits per heavy atom. The van der Waals surface area contributed by atoms with Gasteiger partial charge in [0, 0.05) is 34.9 Å². The fourth-order valence-electron chi connectivity index (χ4n) is 8.92. The zero-order valence-corrected chi connectivity index (χ0v) is 31.9. The number of aromatic nitrogens is 4. The smallest absolute Gasteiger partial charge is 0.261 e. The van der Waals surface area contributed by atoms with Crippen LogP contribution in [-0.2, 0) is 10.2 Å². The summed E-state index contributed by atoms with van der Waals surface area (Å²) in [5.41, 5.74) is 2.13. The quantitative estimate of drug-likeness (QED) is 0.169. The van der Waals surface area contributed by atoms with Gasteiger partial charge >= 0.3 is 0 Å². The van der Waals surface area contributed by atoms with Crippen LogP contribution in [0.5, 0.6) is 0 Å². The maximum absolute atomic E-state index is 15.7. The van der Waals surface area contributed by atoms with Gasteiger partial charge in [0.15, 0.2) is 5.82 Å². The molecule has 4 aliphatic rings. The molecule has 0 radical (unpaired) electrons. The number of anilines is 3. The molecule has 0 unspecified atom stereocenters. The normalized spacial score (nSPS) is 23.2. The van der Waals surface area contributed by atoms with Gasteiger partial charge in [0.2, 0.25) is 5.91 Å². The average Bonchev–Trinajstić information content (AvgIpc) is 3.73. The van der Waals surface area contributed by atoms with Crippen molar-refractivity contribution in [2.45, 2.75) is 128 Å². The van der Waals surface area contributed by atoms with Crippen LogP contribution >= 0.6 is 0 Å². The van der Waals surface area contributed by atoms with E-state index in [2.05, 4.69) is 27.4 Å². The maximum Gasteiger partial charge on any atom is 0.261 e. The summed E-state index contributed by atoms with van der Waals surface area (Å²) < 4.78 is 45.0. The SMILES string of the molecule is CC[C@]1(N2CCCCC2)C[C@@H](N2C(=O)C(C)(C)c3ncc(-c4cc5ncn(C(C)C)c5c(Nc5cc(C(=O)NC6(C(F)F)CC6)c(C)cc5F)n4)cc32)C1. The summed E-state index contributed by atoms with van der Waals surface area (Å²) in [6, 6.07) is 6.47. The number of imidazole rings is 1. The van der Waals surface area contributed by atoms with E-state index in [4.69, 9.17) is 9.97 Å². The number of benzene rings is 1. The number of hydrogen-bond donors (Lipinski definition) is 2. The van der Waals surface area contributed by atoms with E-state index in [0.717, 1.165) is 43.7 Å². The number of alkyl halides is 2. The van der Waals surface area contributed by atoms with Gasteiger partial charge in [-0.25, -0.2) is 23.1 Å². The Labute approximate surface area is 313 Å². The van der Waals surface area contributed by atoms with Gasteiger partial charge in [-0.05, 0) is 122 Å². The third kappa shape index (κ3) is 5.84. The molecule has 3 fully saturated rings. The summed E-state index contributed by atoms with van der Waals surface area (Å²) in [5, 5.41) is 5.61. The fourth-order valence-corrected chi connectivity index (χ4v) is 8.92. The van der Waals surface area contributed by atoms with Crippen LogP contribution in [0, 0.1) is 12.7 Å². The van der Waals surface area contributed by atoms with Crippen LogP contribution in [0.1, 0.15) is 114 Å². The number of likely N-dealkylation sites (tertiary alicyclic amines) is 1. The summed E-state index contributed by atoms with van der Waals surface area (Å²) in [6.45, 7) is 13.9. The maximum atomic E-state index is 15.7. The Kier molecular flexibility index (Phi) is 8.82. The third-order valence-corrected chi connectivity index (χ3v) is 12.5. The molecule has 10 nitrogen and oxygen atoms in total. The number of carbonyl (C=O) groups is 2. The molecule has 0 atom stereocenters. The molecule has 3 aromatic heterocycles. The number of aryl methyl sites for hydroxylation is 1. The van der Waals surface area contributed by atoms with Crippen LogP contribution in [0.15, 0.2) is 36.8 Å². The summed E-state index contributed by atoms with van der Waals surface area (Å²) in [7, 11) is 0. The van der Waals surface area contributed by atoms with E-state index in [9.17, 15) is 18.4 Å². The molecule has 1 saturated heterocycles. The first-order valence-corrected chi connectivity index (χ1v) is 19.3. The largest absolute Gasteiger partial charge is 0.341 e. The number of nitrogens with one attached hydrogen (secondary N) is 2. The molecular formula is C41H49F3N8O2. The van der Waals surface area contributed by atoms with E-state index in [1.807, 2.05) is 49.3 Å². The Morgan fingerprint density at radius 1 is 1.04 bits per heavy atom. The number of hydrogen-bond acceptors (Lipinski definition) is 7. The summed E-state index contributed by atoms with van der Waals surface area (Å²) in [5.74, 6) is -0.958. The fraction of sp³-hybridized carbons (Fsp3) is 0.537. The predicted octanol–water partition coefficient (Wildman–Crippen LogP) is 8.21. The zero-order chi connectivity index (χ0) is 38.3. The summed E-state index contributed by atoms with van der Waals surface area (Å²) in [6.07, 6.45) is 7.72. The van der Waals surface area contributed by atoms with E-state index >= 15 is 4.39 Å². The van der Waals surface area contributed by atoms with Gasteiger partial charge in [0.1, 0.15) is 16.9 Å². The van der Waals surface area contributed by atoms with Crippen molar-refractivity contribution in [1.29, 1.82) is 0 Å². The number of pyridine rings is 2. The van der Waals surface area contributed by atoms with Crippen molar-refractivity contribution in [1.82, 2.24) is 29.7 Å². The van der Waals surface area contributed by atoms with Gasteiger partial charge in [-0.2, -0.15) is 0 Å². The molecule has 54 heavy (non-hydrogen) atoms. The molecule has 0 bridgehead atoms. The lowest BCUT2D eigenvalue weighted by molar-refractivity contribution is -0.124.